The summed E-state index contributed by atoms with van der Waals surface area (Å²) in [5.74, 6) is 1.70. The molecule has 0 spiro atoms. The molecular weight excluding hydrogens is 187 g/mol. The van der Waals surface area contributed by atoms with E-state index in [9.17, 15) is 0 Å². The fourth-order valence-corrected chi connectivity index (χ4v) is 1.78. The Hall–Kier alpha value is -1.58. The molecule has 2 aromatic rings. The van der Waals surface area contributed by atoms with Crippen molar-refractivity contribution in [3.8, 4) is 5.75 Å². The summed E-state index contributed by atoms with van der Waals surface area (Å²) in [5.41, 5.74) is 3.08. The Kier molecular flexibility index (Phi) is 2.35. The lowest BCUT2D eigenvalue weighted by Crippen LogP contribution is -2.12. The van der Waals surface area contributed by atoms with Crippen molar-refractivity contribution in [1.82, 2.24) is 9.97 Å². The fourth-order valence-electron chi connectivity index (χ4n) is 1.78. The lowest BCUT2D eigenvalue weighted by molar-refractivity contribution is 0.412. The van der Waals surface area contributed by atoms with Gasteiger partial charge in [0.25, 0.3) is 0 Å². The van der Waals surface area contributed by atoms with Crippen LogP contribution >= 0.6 is 0 Å². The smallest absolute Gasteiger partial charge is 0.164 e. The number of methoxy groups -OCH3 is 1. The predicted molar refractivity (Wildman–Crippen MR) is 63.7 cm³/mol. The molecule has 1 heterocycles. The minimum atomic E-state index is 0.810. The van der Waals surface area contributed by atoms with Gasteiger partial charge in [-0.1, -0.05) is 0 Å². The van der Waals surface area contributed by atoms with E-state index in [2.05, 4.69) is 9.97 Å². The van der Waals surface area contributed by atoms with Crippen LogP contribution in [0.3, 0.4) is 0 Å². The lowest BCUT2D eigenvalue weighted by Gasteiger charge is -2.08. The average Bonchev–Trinajstić information content (AvgIpc) is 2.16. The highest BCUT2D eigenvalue weighted by Crippen LogP contribution is 2.22. The molecular formula is C11H13BN2O. The summed E-state index contributed by atoms with van der Waals surface area (Å²) in [6.07, 6.45) is 0. The lowest BCUT2D eigenvalue weighted by atomic mass is 9.97. The average molecular weight is 200 g/mol. The Morgan fingerprint density at radius 2 is 1.93 bits per heavy atom. The van der Waals surface area contributed by atoms with Gasteiger partial charge in [-0.15, -0.1) is 0 Å². The highest BCUT2D eigenvalue weighted by Gasteiger charge is 2.06. The number of aromatic nitrogens is 2. The molecule has 4 heteroatoms. The SMILES string of the molecule is Bc1nc(C)nc2cc(C)c(OC)cc12. The van der Waals surface area contributed by atoms with Crippen molar-refractivity contribution in [1.29, 1.82) is 0 Å². The fraction of sp³-hybridized carbons (Fsp3) is 0.273. The summed E-state index contributed by atoms with van der Waals surface area (Å²) in [5, 5.41) is 1.06. The van der Waals surface area contributed by atoms with Crippen molar-refractivity contribution >= 4 is 24.3 Å². The minimum Gasteiger partial charge on any atom is -0.496 e. The second-order valence-corrected chi connectivity index (χ2v) is 3.70. The molecule has 0 saturated heterocycles. The van der Waals surface area contributed by atoms with Crippen LogP contribution in [0.2, 0.25) is 0 Å². The summed E-state index contributed by atoms with van der Waals surface area (Å²) < 4.78 is 5.28. The van der Waals surface area contributed by atoms with Crippen LogP contribution in [0.15, 0.2) is 12.1 Å². The van der Waals surface area contributed by atoms with Gasteiger partial charge in [0.2, 0.25) is 0 Å². The molecule has 1 aromatic carbocycles. The highest BCUT2D eigenvalue weighted by atomic mass is 16.5. The number of fused-ring (bicyclic) bond motifs is 1. The first kappa shape index (κ1) is 9.96. The second-order valence-electron chi connectivity index (χ2n) is 3.70. The molecule has 0 bridgehead atoms. The van der Waals surface area contributed by atoms with E-state index in [-0.39, 0.29) is 0 Å². The standard InChI is InChI=1S/C11H13BN2O/c1-6-4-9-8(5-10(6)15-3)11(12)14-7(2)13-9/h4-5H,12H2,1-3H3. The third kappa shape index (κ3) is 1.67. The number of rotatable bonds is 1. The van der Waals surface area contributed by atoms with Crippen LogP contribution < -0.4 is 10.3 Å². The molecule has 0 aliphatic rings. The summed E-state index contributed by atoms with van der Waals surface area (Å²) in [4.78, 5) is 8.75. The maximum Gasteiger partial charge on any atom is 0.164 e. The molecule has 0 radical (unpaired) electrons. The third-order valence-electron chi connectivity index (χ3n) is 2.51. The Morgan fingerprint density at radius 3 is 2.60 bits per heavy atom. The maximum absolute atomic E-state index is 5.28. The second kappa shape index (κ2) is 3.53. The Balaban J connectivity index is 2.81. The summed E-state index contributed by atoms with van der Waals surface area (Å²) in [6, 6.07) is 4.04. The quantitative estimate of drug-likeness (QED) is 0.629. The Morgan fingerprint density at radius 1 is 1.20 bits per heavy atom. The Labute approximate surface area is 89.9 Å². The van der Waals surface area contributed by atoms with Gasteiger partial charge in [0, 0.05) is 11.0 Å². The number of hydrogen-bond donors (Lipinski definition) is 0. The van der Waals surface area contributed by atoms with Crippen LogP contribution in [-0.2, 0) is 0 Å². The number of benzene rings is 1. The third-order valence-corrected chi connectivity index (χ3v) is 2.51. The zero-order valence-electron chi connectivity index (χ0n) is 9.46. The molecule has 3 nitrogen and oxygen atoms in total. The van der Waals surface area contributed by atoms with Crippen LogP contribution in [0, 0.1) is 13.8 Å². The van der Waals surface area contributed by atoms with Crippen molar-refractivity contribution in [2.75, 3.05) is 7.11 Å². The number of nitrogens with zero attached hydrogens (tertiary/aromatic N) is 2. The first-order valence-electron chi connectivity index (χ1n) is 4.91. The zero-order valence-corrected chi connectivity index (χ0v) is 9.46. The van der Waals surface area contributed by atoms with E-state index in [4.69, 9.17) is 4.74 Å². The van der Waals surface area contributed by atoms with Gasteiger partial charge < -0.3 is 4.74 Å². The molecule has 76 valence electrons. The van der Waals surface area contributed by atoms with Crippen LogP contribution in [0.4, 0.5) is 0 Å². The number of aryl methyl sites for hydroxylation is 2. The highest BCUT2D eigenvalue weighted by molar-refractivity contribution is 6.36. The van der Waals surface area contributed by atoms with E-state index >= 15 is 0 Å². The van der Waals surface area contributed by atoms with Crippen molar-refractivity contribution in [3.05, 3.63) is 23.5 Å². The molecule has 1 aromatic heterocycles. The first-order chi connectivity index (χ1) is 7.11. The normalized spacial score (nSPS) is 10.6. The van der Waals surface area contributed by atoms with Crippen molar-refractivity contribution in [2.45, 2.75) is 13.8 Å². The van der Waals surface area contributed by atoms with E-state index in [1.807, 2.05) is 33.8 Å². The predicted octanol–water partition coefficient (Wildman–Crippen LogP) is 0.514. The molecule has 0 atom stereocenters. The molecule has 0 amide bonds. The molecule has 0 aliphatic heterocycles. The molecule has 2 rings (SSSR count). The van der Waals surface area contributed by atoms with Crippen LogP contribution in [0.1, 0.15) is 11.4 Å². The van der Waals surface area contributed by atoms with Crippen LogP contribution in [0.25, 0.3) is 10.9 Å². The van der Waals surface area contributed by atoms with Crippen LogP contribution in [-0.4, -0.2) is 24.9 Å². The van der Waals surface area contributed by atoms with E-state index in [0.29, 0.717) is 0 Å². The molecule has 15 heavy (non-hydrogen) atoms. The van der Waals surface area contributed by atoms with Gasteiger partial charge in [-0.05, 0) is 31.5 Å². The van der Waals surface area contributed by atoms with Gasteiger partial charge in [-0.25, -0.2) is 9.97 Å². The van der Waals surface area contributed by atoms with E-state index in [0.717, 1.165) is 33.6 Å². The monoisotopic (exact) mass is 200 g/mol. The molecule has 0 N–H and O–H groups in total. The minimum absolute atomic E-state index is 0.810. The van der Waals surface area contributed by atoms with Crippen molar-refractivity contribution < 1.29 is 4.74 Å². The van der Waals surface area contributed by atoms with Crippen molar-refractivity contribution in [3.63, 3.8) is 0 Å². The molecule has 0 saturated carbocycles. The molecule has 0 aliphatic carbocycles. The Bertz CT molecular complexity index is 525. The van der Waals surface area contributed by atoms with Crippen LogP contribution in [0.5, 0.6) is 5.75 Å². The van der Waals surface area contributed by atoms with Gasteiger partial charge in [0.05, 0.1) is 12.6 Å². The van der Waals surface area contributed by atoms with Crippen molar-refractivity contribution in [2.24, 2.45) is 0 Å². The largest absolute Gasteiger partial charge is 0.496 e. The molecule has 0 fully saturated rings. The summed E-state index contributed by atoms with van der Waals surface area (Å²) in [7, 11) is 3.67. The van der Waals surface area contributed by atoms with Gasteiger partial charge in [0.15, 0.2) is 7.85 Å². The number of hydrogen-bond acceptors (Lipinski definition) is 3. The van der Waals surface area contributed by atoms with E-state index < -0.39 is 0 Å². The first-order valence-corrected chi connectivity index (χ1v) is 4.91. The maximum atomic E-state index is 5.28. The zero-order chi connectivity index (χ0) is 11.0. The van der Waals surface area contributed by atoms with E-state index in [1.165, 1.54) is 0 Å². The van der Waals surface area contributed by atoms with E-state index in [1.54, 1.807) is 7.11 Å². The van der Waals surface area contributed by atoms with Gasteiger partial charge in [-0.3, -0.25) is 0 Å². The topological polar surface area (TPSA) is 35.0 Å². The van der Waals surface area contributed by atoms with Gasteiger partial charge in [-0.2, -0.15) is 0 Å². The molecule has 0 unspecified atom stereocenters. The van der Waals surface area contributed by atoms with Gasteiger partial charge >= 0.3 is 0 Å². The van der Waals surface area contributed by atoms with Gasteiger partial charge in [0.1, 0.15) is 11.6 Å². The number of ether oxygens (including phenoxy) is 1. The summed E-state index contributed by atoms with van der Waals surface area (Å²) in [6.45, 7) is 3.93. The summed E-state index contributed by atoms with van der Waals surface area (Å²) >= 11 is 0.